The van der Waals surface area contributed by atoms with Gasteiger partial charge in [0.15, 0.2) is 0 Å². The van der Waals surface area contributed by atoms with Crippen molar-refractivity contribution in [1.82, 2.24) is 10.4 Å². The van der Waals surface area contributed by atoms with Crippen molar-refractivity contribution in [2.24, 2.45) is 0 Å². The monoisotopic (exact) mass is 236 g/mol. The lowest BCUT2D eigenvalue weighted by molar-refractivity contribution is -0.124. The Labute approximate surface area is 103 Å². The number of nitrogens with zero attached hydrogens (tertiary/aromatic N) is 1. The molecule has 0 atom stereocenters. The van der Waals surface area contributed by atoms with Crippen LogP contribution in [-0.2, 0) is 11.2 Å². The van der Waals surface area contributed by atoms with E-state index in [2.05, 4.69) is 5.43 Å². The van der Waals surface area contributed by atoms with Gasteiger partial charge in [-0.25, -0.2) is 5.01 Å². The zero-order valence-corrected chi connectivity index (χ0v) is 10.7. The van der Waals surface area contributed by atoms with Gasteiger partial charge in [0.25, 0.3) is 0 Å². The quantitative estimate of drug-likeness (QED) is 0.763. The summed E-state index contributed by atoms with van der Waals surface area (Å²) in [6.45, 7) is 2.63. The Morgan fingerprint density at radius 1 is 1.29 bits per heavy atom. The van der Waals surface area contributed by atoms with E-state index in [1.165, 1.54) is 0 Å². The predicted octanol–water partition coefficient (Wildman–Crippen LogP) is 1.61. The predicted molar refractivity (Wildman–Crippen MR) is 67.8 cm³/mol. The SMILES string of the molecule is CCOc1ccc(CCC(=O)NN(C)C)cc1. The normalized spacial score (nSPS) is 10.4. The highest BCUT2D eigenvalue weighted by molar-refractivity contribution is 5.75. The molecule has 0 saturated carbocycles. The lowest BCUT2D eigenvalue weighted by atomic mass is 10.1. The first-order valence-electron chi connectivity index (χ1n) is 5.80. The third-order valence-corrected chi connectivity index (χ3v) is 2.22. The van der Waals surface area contributed by atoms with Crippen molar-refractivity contribution in [2.75, 3.05) is 20.7 Å². The minimum atomic E-state index is 0.0314. The molecule has 0 radical (unpaired) electrons. The average molecular weight is 236 g/mol. The summed E-state index contributed by atoms with van der Waals surface area (Å²) in [5.41, 5.74) is 3.86. The molecule has 1 aromatic rings. The van der Waals surface area contributed by atoms with Gasteiger partial charge in [-0.15, -0.1) is 0 Å². The maximum atomic E-state index is 11.4. The zero-order valence-electron chi connectivity index (χ0n) is 10.7. The summed E-state index contributed by atoms with van der Waals surface area (Å²) in [5, 5.41) is 1.65. The van der Waals surface area contributed by atoms with Crippen molar-refractivity contribution in [2.45, 2.75) is 19.8 Å². The number of hydrogen-bond donors (Lipinski definition) is 1. The second-order valence-electron chi connectivity index (χ2n) is 4.01. The minimum Gasteiger partial charge on any atom is -0.494 e. The highest BCUT2D eigenvalue weighted by Crippen LogP contribution is 2.13. The first-order valence-corrected chi connectivity index (χ1v) is 5.80. The molecule has 0 aliphatic heterocycles. The maximum absolute atomic E-state index is 11.4. The van der Waals surface area contributed by atoms with Crippen LogP contribution in [0.15, 0.2) is 24.3 Å². The summed E-state index contributed by atoms with van der Waals surface area (Å²) < 4.78 is 5.35. The standard InChI is InChI=1S/C13H20N2O2/c1-4-17-12-8-5-11(6-9-12)7-10-13(16)14-15(2)3/h5-6,8-9H,4,7,10H2,1-3H3,(H,14,16). The van der Waals surface area contributed by atoms with Crippen molar-refractivity contribution in [3.05, 3.63) is 29.8 Å². The second-order valence-corrected chi connectivity index (χ2v) is 4.01. The van der Waals surface area contributed by atoms with Crippen LogP contribution in [0.3, 0.4) is 0 Å². The third kappa shape index (κ3) is 5.36. The fourth-order valence-electron chi connectivity index (χ4n) is 1.48. The van der Waals surface area contributed by atoms with Gasteiger partial charge in [-0.05, 0) is 31.0 Å². The van der Waals surface area contributed by atoms with Gasteiger partial charge in [-0.2, -0.15) is 0 Å². The summed E-state index contributed by atoms with van der Waals surface area (Å²) in [5.74, 6) is 0.901. The third-order valence-electron chi connectivity index (χ3n) is 2.22. The van der Waals surface area contributed by atoms with E-state index < -0.39 is 0 Å². The number of carbonyl (C=O) groups excluding carboxylic acids is 1. The molecule has 0 fully saturated rings. The average Bonchev–Trinajstić information content (AvgIpc) is 2.28. The van der Waals surface area contributed by atoms with E-state index in [0.717, 1.165) is 17.7 Å². The number of benzene rings is 1. The van der Waals surface area contributed by atoms with Crippen LogP contribution in [0.25, 0.3) is 0 Å². The second kappa shape index (κ2) is 6.91. The summed E-state index contributed by atoms with van der Waals surface area (Å²) >= 11 is 0. The van der Waals surface area contributed by atoms with Gasteiger partial charge in [-0.1, -0.05) is 12.1 Å². The van der Waals surface area contributed by atoms with Crippen LogP contribution in [0, 0.1) is 0 Å². The molecule has 0 aliphatic carbocycles. The molecule has 0 aliphatic rings. The van der Waals surface area contributed by atoms with Crippen molar-refractivity contribution >= 4 is 5.91 Å². The Bertz CT molecular complexity index is 347. The summed E-state index contributed by atoms with van der Waals surface area (Å²) in [6.07, 6.45) is 1.23. The number of aryl methyl sites for hydroxylation is 1. The molecule has 4 heteroatoms. The van der Waals surface area contributed by atoms with Crippen LogP contribution < -0.4 is 10.2 Å². The highest BCUT2D eigenvalue weighted by atomic mass is 16.5. The lowest BCUT2D eigenvalue weighted by Crippen LogP contribution is -2.36. The van der Waals surface area contributed by atoms with Crippen LogP contribution in [0.2, 0.25) is 0 Å². The van der Waals surface area contributed by atoms with E-state index >= 15 is 0 Å². The fraction of sp³-hybridized carbons (Fsp3) is 0.462. The van der Waals surface area contributed by atoms with E-state index in [1.54, 1.807) is 19.1 Å². The van der Waals surface area contributed by atoms with Crippen molar-refractivity contribution in [1.29, 1.82) is 0 Å². The van der Waals surface area contributed by atoms with Gasteiger partial charge < -0.3 is 4.74 Å². The first-order chi connectivity index (χ1) is 8.11. The van der Waals surface area contributed by atoms with Crippen molar-refractivity contribution in [3.8, 4) is 5.75 Å². The van der Waals surface area contributed by atoms with Gasteiger partial charge in [-0.3, -0.25) is 10.2 Å². The van der Waals surface area contributed by atoms with Crippen LogP contribution in [0.5, 0.6) is 5.75 Å². The Morgan fingerprint density at radius 3 is 2.47 bits per heavy atom. The topological polar surface area (TPSA) is 41.6 Å². The summed E-state index contributed by atoms with van der Waals surface area (Å²) in [6, 6.07) is 7.85. The molecule has 0 spiro atoms. The minimum absolute atomic E-state index is 0.0314. The Hall–Kier alpha value is -1.55. The van der Waals surface area contributed by atoms with Gasteiger partial charge >= 0.3 is 0 Å². The number of amides is 1. The Morgan fingerprint density at radius 2 is 1.94 bits per heavy atom. The molecule has 1 aromatic carbocycles. The number of rotatable bonds is 6. The van der Waals surface area contributed by atoms with E-state index in [0.29, 0.717) is 13.0 Å². The molecular weight excluding hydrogens is 216 g/mol. The van der Waals surface area contributed by atoms with Gasteiger partial charge in [0.2, 0.25) is 5.91 Å². The fourth-order valence-corrected chi connectivity index (χ4v) is 1.48. The van der Waals surface area contributed by atoms with E-state index in [4.69, 9.17) is 4.74 Å². The molecule has 1 rings (SSSR count). The molecule has 17 heavy (non-hydrogen) atoms. The molecule has 1 N–H and O–H groups in total. The first kappa shape index (κ1) is 13.5. The number of ether oxygens (including phenoxy) is 1. The van der Waals surface area contributed by atoms with Gasteiger partial charge in [0.1, 0.15) is 5.75 Å². The Kier molecular flexibility index (Phi) is 5.49. The highest BCUT2D eigenvalue weighted by Gasteiger charge is 2.02. The van der Waals surface area contributed by atoms with E-state index in [9.17, 15) is 4.79 Å². The van der Waals surface area contributed by atoms with Crippen LogP contribution in [0.4, 0.5) is 0 Å². The molecule has 0 bridgehead atoms. The van der Waals surface area contributed by atoms with Crippen LogP contribution >= 0.6 is 0 Å². The molecule has 0 unspecified atom stereocenters. The van der Waals surface area contributed by atoms with Crippen molar-refractivity contribution < 1.29 is 9.53 Å². The number of hydrazine groups is 1. The number of hydrogen-bond acceptors (Lipinski definition) is 3. The molecule has 0 heterocycles. The molecule has 94 valence electrons. The van der Waals surface area contributed by atoms with E-state index in [-0.39, 0.29) is 5.91 Å². The molecule has 0 saturated heterocycles. The largest absolute Gasteiger partial charge is 0.494 e. The van der Waals surface area contributed by atoms with E-state index in [1.807, 2.05) is 31.2 Å². The van der Waals surface area contributed by atoms with Crippen molar-refractivity contribution in [3.63, 3.8) is 0 Å². The lowest BCUT2D eigenvalue weighted by Gasteiger charge is -2.11. The number of carbonyl (C=O) groups is 1. The van der Waals surface area contributed by atoms with Crippen LogP contribution in [0.1, 0.15) is 18.9 Å². The van der Waals surface area contributed by atoms with Crippen LogP contribution in [-0.4, -0.2) is 31.6 Å². The van der Waals surface area contributed by atoms with Gasteiger partial charge in [0.05, 0.1) is 6.61 Å². The molecule has 0 aromatic heterocycles. The molecule has 4 nitrogen and oxygen atoms in total. The molecule has 1 amide bonds. The smallest absolute Gasteiger partial charge is 0.234 e. The summed E-state index contributed by atoms with van der Waals surface area (Å²) in [7, 11) is 3.60. The van der Waals surface area contributed by atoms with Gasteiger partial charge in [0, 0.05) is 20.5 Å². The molecular formula is C13H20N2O2. The zero-order chi connectivity index (χ0) is 12.7. The maximum Gasteiger partial charge on any atom is 0.234 e. The Balaban J connectivity index is 2.39. The number of nitrogens with one attached hydrogen (secondary N) is 1. The summed E-state index contributed by atoms with van der Waals surface area (Å²) in [4.78, 5) is 11.4.